The Labute approximate surface area is 141 Å². The van der Waals surface area contributed by atoms with Gasteiger partial charge in [0.15, 0.2) is 5.69 Å². The van der Waals surface area contributed by atoms with Gasteiger partial charge in [-0.15, -0.1) is 0 Å². The molecule has 134 valence electrons. The molecule has 1 aliphatic heterocycles. The largest absolute Gasteiger partial charge is 0.433 e. The maximum atomic E-state index is 12.8. The number of carbonyl (C=O) groups excluding carboxylic acids is 1. The smallest absolute Gasteiger partial charge is 0.350 e. The number of halogens is 3. The SMILES string of the molecule is Cc1cc(C(F)(F)F)nc(CCNC(=O)c2n[nH]c3c2CCNC3)n1. The van der Waals surface area contributed by atoms with Crippen molar-refractivity contribution in [3.63, 3.8) is 0 Å². The lowest BCUT2D eigenvalue weighted by atomic mass is 10.1. The molecule has 2 aromatic rings. The number of amides is 1. The molecule has 0 saturated carbocycles. The van der Waals surface area contributed by atoms with Crippen LogP contribution in [0.5, 0.6) is 0 Å². The second kappa shape index (κ2) is 6.79. The van der Waals surface area contributed by atoms with Gasteiger partial charge in [0, 0.05) is 30.8 Å². The highest BCUT2D eigenvalue weighted by atomic mass is 19.4. The van der Waals surface area contributed by atoms with E-state index in [1.165, 1.54) is 6.92 Å². The summed E-state index contributed by atoms with van der Waals surface area (Å²) >= 11 is 0. The molecule has 0 atom stereocenters. The Balaban J connectivity index is 1.62. The summed E-state index contributed by atoms with van der Waals surface area (Å²) < 4.78 is 38.3. The van der Waals surface area contributed by atoms with Crippen LogP contribution in [0.3, 0.4) is 0 Å². The quantitative estimate of drug-likeness (QED) is 0.765. The van der Waals surface area contributed by atoms with E-state index in [1.54, 1.807) is 0 Å². The van der Waals surface area contributed by atoms with Crippen LogP contribution in [-0.4, -0.2) is 39.2 Å². The highest BCUT2D eigenvalue weighted by Gasteiger charge is 2.33. The lowest BCUT2D eigenvalue weighted by Crippen LogP contribution is -2.29. The van der Waals surface area contributed by atoms with Gasteiger partial charge in [0.1, 0.15) is 11.5 Å². The highest BCUT2D eigenvalue weighted by Crippen LogP contribution is 2.27. The van der Waals surface area contributed by atoms with E-state index in [4.69, 9.17) is 0 Å². The Kier molecular flexibility index (Phi) is 4.71. The van der Waals surface area contributed by atoms with Crippen LogP contribution in [0.15, 0.2) is 6.07 Å². The predicted molar refractivity (Wildman–Crippen MR) is 81.8 cm³/mol. The third-order valence-electron chi connectivity index (χ3n) is 3.85. The molecule has 0 fully saturated rings. The molecule has 0 aliphatic carbocycles. The molecule has 0 bridgehead atoms. The van der Waals surface area contributed by atoms with E-state index in [9.17, 15) is 18.0 Å². The Morgan fingerprint density at radius 2 is 2.16 bits per heavy atom. The summed E-state index contributed by atoms with van der Waals surface area (Å²) in [5.41, 5.74) is 1.35. The van der Waals surface area contributed by atoms with Crippen LogP contribution in [0.2, 0.25) is 0 Å². The fraction of sp³-hybridized carbons (Fsp3) is 0.467. The van der Waals surface area contributed by atoms with Gasteiger partial charge in [0.2, 0.25) is 0 Å². The average Bonchev–Trinajstić information content (AvgIpc) is 2.97. The minimum Gasteiger partial charge on any atom is -0.350 e. The second-order valence-corrected chi connectivity index (χ2v) is 5.77. The molecule has 2 aromatic heterocycles. The number of aryl methyl sites for hydroxylation is 1. The maximum Gasteiger partial charge on any atom is 0.433 e. The van der Waals surface area contributed by atoms with Crippen molar-refractivity contribution in [2.75, 3.05) is 13.1 Å². The number of carbonyl (C=O) groups is 1. The number of H-pyrrole nitrogens is 1. The first kappa shape index (κ1) is 17.3. The van der Waals surface area contributed by atoms with Crippen molar-refractivity contribution in [3.05, 3.63) is 40.2 Å². The molecule has 0 unspecified atom stereocenters. The summed E-state index contributed by atoms with van der Waals surface area (Å²) in [6.07, 6.45) is -3.72. The van der Waals surface area contributed by atoms with Gasteiger partial charge < -0.3 is 10.6 Å². The van der Waals surface area contributed by atoms with Gasteiger partial charge in [-0.05, 0) is 26.0 Å². The predicted octanol–water partition coefficient (Wildman–Crippen LogP) is 1.15. The fourth-order valence-electron chi connectivity index (χ4n) is 2.69. The van der Waals surface area contributed by atoms with Crippen molar-refractivity contribution in [1.82, 2.24) is 30.8 Å². The van der Waals surface area contributed by atoms with Crippen LogP contribution in [-0.2, 0) is 25.6 Å². The zero-order chi connectivity index (χ0) is 18.0. The molecule has 0 aromatic carbocycles. The topological polar surface area (TPSA) is 95.6 Å². The average molecular weight is 354 g/mol. The Morgan fingerprint density at radius 1 is 1.36 bits per heavy atom. The molecule has 3 heterocycles. The summed E-state index contributed by atoms with van der Waals surface area (Å²) in [7, 11) is 0. The van der Waals surface area contributed by atoms with Crippen LogP contribution >= 0.6 is 0 Å². The van der Waals surface area contributed by atoms with Crippen molar-refractivity contribution in [2.24, 2.45) is 0 Å². The zero-order valence-corrected chi connectivity index (χ0v) is 13.5. The minimum atomic E-state index is -4.52. The molecule has 7 nitrogen and oxygen atoms in total. The minimum absolute atomic E-state index is 0.0425. The number of rotatable bonds is 4. The van der Waals surface area contributed by atoms with E-state index >= 15 is 0 Å². The van der Waals surface area contributed by atoms with Crippen LogP contribution in [0.25, 0.3) is 0 Å². The van der Waals surface area contributed by atoms with Gasteiger partial charge in [-0.3, -0.25) is 9.89 Å². The molecule has 0 saturated heterocycles. The van der Waals surface area contributed by atoms with Crippen molar-refractivity contribution >= 4 is 5.91 Å². The Hall–Kier alpha value is -2.49. The van der Waals surface area contributed by atoms with Crippen LogP contribution < -0.4 is 10.6 Å². The Bertz CT molecular complexity index is 786. The first-order chi connectivity index (χ1) is 11.8. The van der Waals surface area contributed by atoms with Gasteiger partial charge >= 0.3 is 6.18 Å². The third-order valence-corrected chi connectivity index (χ3v) is 3.85. The standard InChI is InChI=1S/C15H17F3N6O/c1-8-6-11(15(16,17)18)22-12(21-8)3-5-20-14(25)13-9-2-4-19-7-10(9)23-24-13/h6,19H,2-5,7H2,1H3,(H,20,25)(H,23,24). The number of hydrogen-bond donors (Lipinski definition) is 3. The van der Waals surface area contributed by atoms with Crippen LogP contribution in [0.4, 0.5) is 13.2 Å². The molecule has 10 heteroatoms. The lowest BCUT2D eigenvalue weighted by Gasteiger charge is -2.12. The maximum absolute atomic E-state index is 12.8. The molecule has 3 N–H and O–H groups in total. The van der Waals surface area contributed by atoms with Crippen molar-refractivity contribution in [3.8, 4) is 0 Å². The zero-order valence-electron chi connectivity index (χ0n) is 13.5. The highest BCUT2D eigenvalue weighted by molar-refractivity contribution is 5.94. The van der Waals surface area contributed by atoms with Crippen LogP contribution in [0.1, 0.15) is 39.0 Å². The number of aromatic nitrogens is 4. The molecule has 1 aliphatic rings. The molecule has 3 rings (SSSR count). The number of fused-ring (bicyclic) bond motifs is 1. The van der Waals surface area contributed by atoms with E-state index in [0.29, 0.717) is 18.7 Å². The molecule has 0 spiro atoms. The van der Waals surface area contributed by atoms with Crippen LogP contribution in [0, 0.1) is 6.92 Å². The summed E-state index contributed by atoms with van der Waals surface area (Å²) in [5, 5.41) is 12.7. The number of hydrogen-bond acceptors (Lipinski definition) is 5. The summed E-state index contributed by atoms with van der Waals surface area (Å²) in [6.45, 7) is 3.00. The molecule has 25 heavy (non-hydrogen) atoms. The normalized spacial score (nSPS) is 14.2. The third kappa shape index (κ3) is 3.95. The van der Waals surface area contributed by atoms with Crippen molar-refractivity contribution in [1.29, 1.82) is 0 Å². The fourth-order valence-corrected chi connectivity index (χ4v) is 2.69. The van der Waals surface area contributed by atoms with Gasteiger partial charge in [-0.2, -0.15) is 18.3 Å². The molecular weight excluding hydrogens is 337 g/mol. The monoisotopic (exact) mass is 354 g/mol. The second-order valence-electron chi connectivity index (χ2n) is 5.77. The van der Waals surface area contributed by atoms with E-state index in [0.717, 1.165) is 23.9 Å². The van der Waals surface area contributed by atoms with Crippen molar-refractivity contribution < 1.29 is 18.0 Å². The molecular formula is C15H17F3N6O. The summed E-state index contributed by atoms with van der Waals surface area (Å²) in [5.74, 6) is -0.316. The number of nitrogens with zero attached hydrogens (tertiary/aromatic N) is 3. The van der Waals surface area contributed by atoms with Crippen molar-refractivity contribution in [2.45, 2.75) is 32.5 Å². The van der Waals surface area contributed by atoms with E-state index in [1.807, 2.05) is 0 Å². The Morgan fingerprint density at radius 3 is 2.92 bits per heavy atom. The first-order valence-corrected chi connectivity index (χ1v) is 7.81. The summed E-state index contributed by atoms with van der Waals surface area (Å²) in [4.78, 5) is 19.7. The van der Waals surface area contributed by atoms with Gasteiger partial charge in [0.25, 0.3) is 5.91 Å². The number of aromatic amines is 1. The van der Waals surface area contributed by atoms with E-state index < -0.39 is 11.9 Å². The number of alkyl halides is 3. The lowest BCUT2D eigenvalue weighted by molar-refractivity contribution is -0.141. The first-order valence-electron chi connectivity index (χ1n) is 7.81. The van der Waals surface area contributed by atoms with E-state index in [-0.39, 0.29) is 30.4 Å². The van der Waals surface area contributed by atoms with Gasteiger partial charge in [-0.1, -0.05) is 0 Å². The number of nitrogens with one attached hydrogen (secondary N) is 3. The molecule has 1 amide bonds. The van der Waals surface area contributed by atoms with E-state index in [2.05, 4.69) is 30.8 Å². The molecule has 0 radical (unpaired) electrons. The van der Waals surface area contributed by atoms with Gasteiger partial charge in [-0.25, -0.2) is 9.97 Å². The van der Waals surface area contributed by atoms with Gasteiger partial charge in [0.05, 0.1) is 5.69 Å². The summed E-state index contributed by atoms with van der Waals surface area (Å²) in [6, 6.07) is 0.895.